The first kappa shape index (κ1) is 15.2. The number of likely N-dealkylation sites (tertiary alicyclic amines) is 1. The lowest BCUT2D eigenvalue weighted by Crippen LogP contribution is -2.50. The summed E-state index contributed by atoms with van der Waals surface area (Å²) in [6, 6.07) is 5.31. The highest BCUT2D eigenvalue weighted by Crippen LogP contribution is 2.32. The molecule has 1 N–H and O–H groups in total. The molecule has 3 unspecified atom stereocenters. The van der Waals surface area contributed by atoms with E-state index >= 15 is 0 Å². The molecule has 22 heavy (non-hydrogen) atoms. The first-order valence-electron chi connectivity index (χ1n) is 7.40. The Bertz CT molecular complexity index is 618. The van der Waals surface area contributed by atoms with Gasteiger partial charge in [-0.1, -0.05) is 18.5 Å². The third kappa shape index (κ3) is 2.90. The molecule has 1 saturated heterocycles. The predicted octanol–water partition coefficient (Wildman–Crippen LogP) is 2.21. The fraction of sp³-hybridized carbons (Fsp3) is 0.500. The minimum atomic E-state index is -0.841. The molecule has 2 aliphatic heterocycles. The van der Waals surface area contributed by atoms with Crippen LogP contribution in [0.3, 0.4) is 0 Å². The molecule has 0 aromatic heterocycles. The van der Waals surface area contributed by atoms with Gasteiger partial charge in [-0.3, -0.25) is 9.59 Å². The molecule has 0 saturated carbocycles. The van der Waals surface area contributed by atoms with Gasteiger partial charge in [0.15, 0.2) is 6.10 Å². The molecule has 2 heterocycles. The van der Waals surface area contributed by atoms with Crippen molar-refractivity contribution in [3.05, 3.63) is 28.8 Å². The maximum atomic E-state index is 12.6. The van der Waals surface area contributed by atoms with Crippen LogP contribution in [0.2, 0.25) is 5.02 Å². The van der Waals surface area contributed by atoms with E-state index in [1.54, 1.807) is 17.0 Å². The Kier molecular flexibility index (Phi) is 4.00. The Balaban J connectivity index is 1.71. The Morgan fingerprint density at radius 2 is 2.14 bits per heavy atom. The molecule has 3 rings (SSSR count). The Morgan fingerprint density at radius 1 is 1.36 bits per heavy atom. The lowest BCUT2D eigenvalue weighted by atomic mass is 9.90. The van der Waals surface area contributed by atoms with Crippen molar-refractivity contribution in [1.82, 2.24) is 4.90 Å². The molecule has 6 heteroatoms. The smallest absolute Gasteiger partial charge is 0.308 e. The van der Waals surface area contributed by atoms with Crippen LogP contribution < -0.4 is 4.74 Å². The summed E-state index contributed by atoms with van der Waals surface area (Å²) in [5.41, 5.74) is 0.922. The third-order valence-electron chi connectivity index (χ3n) is 4.29. The highest BCUT2D eigenvalue weighted by atomic mass is 35.5. The average molecular weight is 324 g/mol. The lowest BCUT2D eigenvalue weighted by molar-refractivity contribution is -0.149. The van der Waals surface area contributed by atoms with Crippen molar-refractivity contribution in [2.24, 2.45) is 11.8 Å². The number of carboxylic acids is 1. The van der Waals surface area contributed by atoms with Crippen LogP contribution in [0, 0.1) is 11.8 Å². The number of amides is 1. The maximum absolute atomic E-state index is 12.6. The van der Waals surface area contributed by atoms with E-state index < -0.39 is 18.0 Å². The van der Waals surface area contributed by atoms with E-state index in [1.165, 1.54) is 0 Å². The topological polar surface area (TPSA) is 66.8 Å². The van der Waals surface area contributed by atoms with Gasteiger partial charge in [0.05, 0.1) is 5.92 Å². The maximum Gasteiger partial charge on any atom is 0.308 e. The minimum Gasteiger partial charge on any atom is -0.481 e. The van der Waals surface area contributed by atoms with Crippen molar-refractivity contribution in [3.8, 4) is 5.75 Å². The van der Waals surface area contributed by atoms with Crippen molar-refractivity contribution in [1.29, 1.82) is 0 Å². The largest absolute Gasteiger partial charge is 0.481 e. The summed E-state index contributed by atoms with van der Waals surface area (Å²) in [7, 11) is 0. The minimum absolute atomic E-state index is 0.134. The average Bonchev–Trinajstić information content (AvgIpc) is 2.88. The van der Waals surface area contributed by atoms with E-state index in [-0.39, 0.29) is 18.4 Å². The molecule has 0 bridgehead atoms. The van der Waals surface area contributed by atoms with E-state index in [4.69, 9.17) is 16.3 Å². The Labute approximate surface area is 133 Å². The summed E-state index contributed by atoms with van der Waals surface area (Å²) < 4.78 is 5.71. The van der Waals surface area contributed by atoms with E-state index in [0.29, 0.717) is 30.2 Å². The Hall–Kier alpha value is -1.75. The van der Waals surface area contributed by atoms with Crippen LogP contribution in [-0.2, 0) is 16.0 Å². The van der Waals surface area contributed by atoms with Crippen LogP contribution in [0.25, 0.3) is 0 Å². The zero-order chi connectivity index (χ0) is 15.9. The zero-order valence-corrected chi connectivity index (χ0v) is 13.0. The molecule has 5 nitrogen and oxygen atoms in total. The van der Waals surface area contributed by atoms with Gasteiger partial charge in [0.1, 0.15) is 5.75 Å². The summed E-state index contributed by atoms with van der Waals surface area (Å²) in [4.78, 5) is 25.5. The lowest BCUT2D eigenvalue weighted by Gasteiger charge is -2.35. The second-order valence-corrected chi connectivity index (χ2v) is 6.62. The van der Waals surface area contributed by atoms with Gasteiger partial charge in [-0.05, 0) is 36.1 Å². The molecule has 3 atom stereocenters. The van der Waals surface area contributed by atoms with Gasteiger partial charge in [-0.15, -0.1) is 0 Å². The van der Waals surface area contributed by atoms with Crippen molar-refractivity contribution < 1.29 is 19.4 Å². The predicted molar refractivity (Wildman–Crippen MR) is 81.1 cm³/mol. The van der Waals surface area contributed by atoms with Gasteiger partial charge in [0.2, 0.25) is 0 Å². The SMILES string of the molecule is CC1CC(C(=O)O)CN(C(=O)C2Cc3cc(Cl)ccc3O2)C1. The number of rotatable bonds is 2. The third-order valence-corrected chi connectivity index (χ3v) is 4.53. The van der Waals surface area contributed by atoms with Crippen LogP contribution in [0.5, 0.6) is 5.75 Å². The fourth-order valence-corrected chi connectivity index (χ4v) is 3.46. The molecule has 2 aliphatic rings. The zero-order valence-electron chi connectivity index (χ0n) is 12.3. The number of aliphatic carboxylic acids is 1. The number of hydrogen-bond acceptors (Lipinski definition) is 3. The fourth-order valence-electron chi connectivity index (χ4n) is 3.27. The van der Waals surface area contributed by atoms with Crippen molar-refractivity contribution in [3.63, 3.8) is 0 Å². The number of carboxylic acid groups (broad SMARTS) is 1. The molecule has 1 aromatic rings. The molecule has 118 valence electrons. The van der Waals surface area contributed by atoms with Crippen molar-refractivity contribution in [2.75, 3.05) is 13.1 Å². The number of halogens is 1. The van der Waals surface area contributed by atoms with E-state index in [2.05, 4.69) is 0 Å². The highest BCUT2D eigenvalue weighted by Gasteiger charge is 2.37. The van der Waals surface area contributed by atoms with E-state index in [1.807, 2.05) is 13.0 Å². The van der Waals surface area contributed by atoms with Crippen molar-refractivity contribution in [2.45, 2.75) is 25.9 Å². The molecule has 0 radical (unpaired) electrons. The van der Waals surface area contributed by atoms with E-state index in [0.717, 1.165) is 5.56 Å². The van der Waals surface area contributed by atoms with Crippen LogP contribution in [0.4, 0.5) is 0 Å². The summed E-state index contributed by atoms with van der Waals surface area (Å²) in [6.07, 6.45) is 0.519. The number of ether oxygens (including phenoxy) is 1. The van der Waals surface area contributed by atoms with Crippen LogP contribution in [0.1, 0.15) is 18.9 Å². The van der Waals surface area contributed by atoms with Gasteiger partial charge in [0, 0.05) is 24.5 Å². The van der Waals surface area contributed by atoms with Crippen LogP contribution in [0.15, 0.2) is 18.2 Å². The van der Waals surface area contributed by atoms with Gasteiger partial charge >= 0.3 is 5.97 Å². The number of carbonyl (C=O) groups excluding carboxylic acids is 1. The second kappa shape index (κ2) is 5.80. The Morgan fingerprint density at radius 3 is 2.86 bits per heavy atom. The first-order valence-corrected chi connectivity index (χ1v) is 7.78. The second-order valence-electron chi connectivity index (χ2n) is 6.18. The van der Waals surface area contributed by atoms with E-state index in [9.17, 15) is 14.7 Å². The summed E-state index contributed by atoms with van der Waals surface area (Å²) >= 11 is 5.96. The number of carbonyl (C=O) groups is 2. The number of benzene rings is 1. The van der Waals surface area contributed by atoms with Crippen LogP contribution in [-0.4, -0.2) is 41.1 Å². The number of piperidine rings is 1. The van der Waals surface area contributed by atoms with Gasteiger partial charge in [-0.2, -0.15) is 0 Å². The number of hydrogen-bond donors (Lipinski definition) is 1. The summed E-state index contributed by atoms with van der Waals surface area (Å²) in [5.74, 6) is -0.609. The van der Waals surface area contributed by atoms with Crippen molar-refractivity contribution >= 4 is 23.5 Å². The summed E-state index contributed by atoms with van der Waals surface area (Å²) in [6.45, 7) is 2.81. The molecule has 1 aromatic carbocycles. The molecular weight excluding hydrogens is 306 g/mol. The van der Waals surface area contributed by atoms with Crippen LogP contribution >= 0.6 is 11.6 Å². The molecular formula is C16H18ClNO4. The molecule has 1 amide bonds. The number of nitrogens with zero attached hydrogens (tertiary/aromatic N) is 1. The molecule has 0 aliphatic carbocycles. The quantitative estimate of drug-likeness (QED) is 0.906. The monoisotopic (exact) mass is 323 g/mol. The van der Waals surface area contributed by atoms with Gasteiger partial charge < -0.3 is 14.7 Å². The summed E-state index contributed by atoms with van der Waals surface area (Å²) in [5, 5.41) is 9.83. The highest BCUT2D eigenvalue weighted by molar-refractivity contribution is 6.30. The standard InChI is InChI=1S/C16H18ClNO4/c1-9-4-11(16(20)21)8-18(7-9)15(19)14-6-10-5-12(17)2-3-13(10)22-14/h2-3,5,9,11,14H,4,6-8H2,1H3,(H,20,21). The number of fused-ring (bicyclic) bond motifs is 1. The van der Waals surface area contributed by atoms with Gasteiger partial charge in [0.25, 0.3) is 5.91 Å². The normalized spacial score (nSPS) is 27.2. The molecule has 1 fully saturated rings. The molecule has 0 spiro atoms. The first-order chi connectivity index (χ1) is 10.4. The van der Waals surface area contributed by atoms with Gasteiger partial charge in [-0.25, -0.2) is 0 Å².